The number of nitro benzene ring substituents is 1. The van der Waals surface area contributed by atoms with Gasteiger partial charge >= 0.3 is 5.97 Å². The zero-order chi connectivity index (χ0) is 25.0. The van der Waals surface area contributed by atoms with E-state index in [0.29, 0.717) is 11.3 Å². The molecule has 12 heteroatoms. The van der Waals surface area contributed by atoms with Crippen LogP contribution in [0.5, 0.6) is 0 Å². The predicted octanol–water partition coefficient (Wildman–Crippen LogP) is 3.83. The lowest BCUT2D eigenvalue weighted by Gasteiger charge is -2.19. The van der Waals surface area contributed by atoms with E-state index in [-0.39, 0.29) is 34.5 Å². The molecule has 0 aliphatic heterocycles. The first kappa shape index (κ1) is 23.6. The van der Waals surface area contributed by atoms with E-state index in [2.05, 4.69) is 10.2 Å². The van der Waals surface area contributed by atoms with E-state index in [1.807, 2.05) is 0 Å². The largest absolute Gasteiger partial charge is 0.452 e. The minimum atomic E-state index is -3.81. The fourth-order valence-electron chi connectivity index (χ4n) is 3.06. The van der Waals surface area contributed by atoms with Gasteiger partial charge in [-0.25, -0.2) is 13.2 Å². The molecule has 0 bridgehead atoms. The van der Waals surface area contributed by atoms with Crippen molar-refractivity contribution in [3.05, 3.63) is 100 Å². The summed E-state index contributed by atoms with van der Waals surface area (Å²) in [6.45, 7) is -0.310. The smallest absolute Gasteiger partial charge is 0.338 e. The maximum Gasteiger partial charge on any atom is 0.338 e. The van der Waals surface area contributed by atoms with Gasteiger partial charge in [-0.1, -0.05) is 18.2 Å². The third-order valence-corrected chi connectivity index (χ3v) is 6.79. The van der Waals surface area contributed by atoms with Crippen molar-refractivity contribution in [2.45, 2.75) is 11.5 Å². The number of hydrogen-bond donors (Lipinski definition) is 0. The maximum absolute atomic E-state index is 12.8. The quantitative estimate of drug-likeness (QED) is 0.203. The van der Waals surface area contributed by atoms with Crippen LogP contribution in [0.2, 0.25) is 0 Å². The summed E-state index contributed by atoms with van der Waals surface area (Å²) in [5.41, 5.74) is 1.04. The zero-order valence-electron chi connectivity index (χ0n) is 18.3. The first-order chi connectivity index (χ1) is 16.8. The number of nitrogens with zero attached hydrogens (tertiary/aromatic N) is 4. The Balaban J connectivity index is 1.39. The van der Waals surface area contributed by atoms with Crippen LogP contribution >= 0.6 is 0 Å². The van der Waals surface area contributed by atoms with E-state index in [1.54, 1.807) is 30.3 Å². The number of carbonyl (C=O) groups excluding carboxylic acids is 1. The highest BCUT2D eigenvalue weighted by Gasteiger charge is 2.22. The van der Waals surface area contributed by atoms with Crippen molar-refractivity contribution in [2.75, 3.05) is 11.4 Å². The zero-order valence-corrected chi connectivity index (χ0v) is 19.1. The fourth-order valence-corrected chi connectivity index (χ4v) is 4.26. The van der Waals surface area contributed by atoms with E-state index in [9.17, 15) is 23.3 Å². The second-order valence-electron chi connectivity index (χ2n) is 7.21. The van der Waals surface area contributed by atoms with Crippen LogP contribution < -0.4 is 4.31 Å². The summed E-state index contributed by atoms with van der Waals surface area (Å²) in [7, 11) is -2.36. The van der Waals surface area contributed by atoms with Crippen LogP contribution in [0.15, 0.2) is 88.2 Å². The average Bonchev–Trinajstić information content (AvgIpc) is 3.36. The van der Waals surface area contributed by atoms with Crippen LogP contribution in [0, 0.1) is 10.1 Å². The molecule has 11 nitrogen and oxygen atoms in total. The third kappa shape index (κ3) is 5.17. The van der Waals surface area contributed by atoms with Gasteiger partial charge in [0, 0.05) is 24.7 Å². The molecular weight excluding hydrogens is 476 g/mol. The van der Waals surface area contributed by atoms with Gasteiger partial charge in [0.05, 0.1) is 21.1 Å². The Morgan fingerprint density at radius 3 is 2.29 bits per heavy atom. The van der Waals surface area contributed by atoms with Crippen LogP contribution in [0.3, 0.4) is 0 Å². The van der Waals surface area contributed by atoms with E-state index in [1.165, 1.54) is 55.6 Å². The number of sulfonamides is 1. The minimum Gasteiger partial charge on any atom is -0.452 e. The molecule has 0 atom stereocenters. The summed E-state index contributed by atoms with van der Waals surface area (Å²) < 4.78 is 37.4. The van der Waals surface area contributed by atoms with E-state index in [0.717, 1.165) is 4.31 Å². The first-order valence-electron chi connectivity index (χ1n) is 10.1. The number of aromatic nitrogens is 2. The SMILES string of the molecule is CN(c1ccccc1)S(=O)(=O)c1ccc(C(=O)OCc2nnc(-c3ccc([N+](=O)[O-])cc3)o2)cc1. The monoisotopic (exact) mass is 494 g/mol. The Morgan fingerprint density at radius 1 is 1.00 bits per heavy atom. The second-order valence-corrected chi connectivity index (χ2v) is 9.18. The third-order valence-electron chi connectivity index (χ3n) is 4.99. The van der Waals surface area contributed by atoms with Crippen molar-refractivity contribution in [3.8, 4) is 11.5 Å². The lowest BCUT2D eigenvalue weighted by atomic mass is 10.2. The van der Waals surface area contributed by atoms with Crippen molar-refractivity contribution in [2.24, 2.45) is 0 Å². The van der Waals surface area contributed by atoms with E-state index in [4.69, 9.17) is 9.15 Å². The molecule has 4 aromatic rings. The number of hydrogen-bond acceptors (Lipinski definition) is 9. The summed E-state index contributed by atoms with van der Waals surface area (Å²) >= 11 is 0. The molecule has 0 spiro atoms. The molecule has 0 N–H and O–H groups in total. The molecule has 0 aliphatic carbocycles. The van der Waals surface area contributed by atoms with Gasteiger partial charge in [-0.2, -0.15) is 0 Å². The fraction of sp³-hybridized carbons (Fsp3) is 0.0870. The molecule has 0 saturated heterocycles. The van der Waals surface area contributed by atoms with Crippen LogP contribution in [0.25, 0.3) is 11.5 Å². The Bertz CT molecular complexity index is 1450. The highest BCUT2D eigenvalue weighted by atomic mass is 32.2. The van der Waals surface area contributed by atoms with Crippen molar-refractivity contribution < 1.29 is 27.3 Å². The molecule has 4 rings (SSSR count). The van der Waals surface area contributed by atoms with Gasteiger partial charge in [0.1, 0.15) is 0 Å². The normalized spacial score (nSPS) is 11.1. The number of non-ortho nitro benzene ring substituents is 1. The minimum absolute atomic E-state index is 0.0186. The number of rotatable bonds is 8. The first-order valence-corrected chi connectivity index (χ1v) is 11.6. The molecule has 0 radical (unpaired) electrons. The molecule has 1 heterocycles. The Hall–Kier alpha value is -4.58. The van der Waals surface area contributed by atoms with Gasteiger partial charge in [0.25, 0.3) is 21.6 Å². The predicted molar refractivity (Wildman–Crippen MR) is 124 cm³/mol. The molecule has 0 aliphatic rings. The van der Waals surface area contributed by atoms with Gasteiger partial charge in [-0.15, -0.1) is 10.2 Å². The van der Waals surface area contributed by atoms with Gasteiger partial charge in [0.2, 0.25) is 5.89 Å². The highest BCUT2D eigenvalue weighted by molar-refractivity contribution is 7.92. The van der Waals surface area contributed by atoms with Gasteiger partial charge < -0.3 is 9.15 Å². The molecule has 0 saturated carbocycles. The van der Waals surface area contributed by atoms with Crippen molar-refractivity contribution >= 4 is 27.4 Å². The lowest BCUT2D eigenvalue weighted by Crippen LogP contribution is -2.26. The van der Waals surface area contributed by atoms with E-state index >= 15 is 0 Å². The summed E-state index contributed by atoms with van der Waals surface area (Å²) in [6.07, 6.45) is 0. The number of ether oxygens (including phenoxy) is 1. The Morgan fingerprint density at radius 2 is 1.66 bits per heavy atom. The molecule has 3 aromatic carbocycles. The summed E-state index contributed by atoms with van der Waals surface area (Å²) in [5, 5.41) is 18.4. The number of esters is 1. The van der Waals surface area contributed by atoms with Crippen LogP contribution in [-0.4, -0.2) is 36.6 Å². The summed E-state index contributed by atoms with van der Waals surface area (Å²) in [4.78, 5) is 22.6. The molecular formula is C23H18N4O7S. The van der Waals surface area contributed by atoms with Crippen molar-refractivity contribution in [3.63, 3.8) is 0 Å². The summed E-state index contributed by atoms with van der Waals surface area (Å²) in [5.74, 6) is -0.570. The van der Waals surface area contributed by atoms with E-state index < -0.39 is 20.9 Å². The number of benzene rings is 3. The molecule has 35 heavy (non-hydrogen) atoms. The lowest BCUT2D eigenvalue weighted by molar-refractivity contribution is -0.384. The standard InChI is InChI=1S/C23H18N4O7S/c1-26(18-5-3-2-4-6-18)35(31,32)20-13-9-17(10-14-20)23(28)33-15-21-24-25-22(34-21)16-7-11-19(12-8-16)27(29)30/h2-14H,15H2,1H3. The topological polar surface area (TPSA) is 146 Å². The summed E-state index contributed by atoms with van der Waals surface area (Å²) in [6, 6.07) is 19.5. The van der Waals surface area contributed by atoms with Gasteiger partial charge in [0.15, 0.2) is 6.61 Å². The van der Waals surface area contributed by atoms with Crippen molar-refractivity contribution in [1.82, 2.24) is 10.2 Å². The number of nitro groups is 1. The molecule has 178 valence electrons. The van der Waals surface area contributed by atoms with Crippen LogP contribution in [0.1, 0.15) is 16.2 Å². The molecule has 0 fully saturated rings. The molecule has 0 unspecified atom stereocenters. The molecule has 1 aromatic heterocycles. The van der Waals surface area contributed by atoms with Crippen LogP contribution in [-0.2, 0) is 21.4 Å². The average molecular weight is 494 g/mol. The maximum atomic E-state index is 12.8. The number of anilines is 1. The Kier molecular flexibility index (Phi) is 6.55. The van der Waals surface area contributed by atoms with Gasteiger partial charge in [-0.05, 0) is 48.5 Å². The number of carbonyl (C=O) groups is 1. The van der Waals surface area contributed by atoms with Gasteiger partial charge in [-0.3, -0.25) is 14.4 Å². The Labute approximate surface area is 199 Å². The number of para-hydroxylation sites is 1. The molecule has 0 amide bonds. The second kappa shape index (κ2) is 9.73. The highest BCUT2D eigenvalue weighted by Crippen LogP contribution is 2.23. The van der Waals surface area contributed by atoms with Crippen LogP contribution in [0.4, 0.5) is 11.4 Å². The van der Waals surface area contributed by atoms with Crippen molar-refractivity contribution in [1.29, 1.82) is 0 Å².